The van der Waals surface area contributed by atoms with Gasteiger partial charge in [-0.1, -0.05) is 67.5 Å². The molecule has 2 aromatic carbocycles. The molecule has 0 atom stereocenters. The van der Waals surface area contributed by atoms with Crippen molar-refractivity contribution in [1.82, 2.24) is 14.8 Å². The summed E-state index contributed by atoms with van der Waals surface area (Å²) in [6.45, 7) is 5.33. The van der Waals surface area contributed by atoms with E-state index >= 15 is 0 Å². The molecular formula is C20H22ClN3S. The molecule has 0 saturated heterocycles. The molecule has 1 heterocycles. The zero-order valence-electron chi connectivity index (χ0n) is 14.5. The van der Waals surface area contributed by atoms with Gasteiger partial charge < -0.3 is 4.57 Å². The van der Waals surface area contributed by atoms with Crippen molar-refractivity contribution in [2.45, 2.75) is 32.0 Å². The van der Waals surface area contributed by atoms with Gasteiger partial charge in [-0.3, -0.25) is 0 Å². The molecule has 0 saturated carbocycles. The van der Waals surface area contributed by atoms with Gasteiger partial charge in [0, 0.05) is 22.9 Å². The van der Waals surface area contributed by atoms with Crippen LogP contribution in [0.4, 0.5) is 0 Å². The molecule has 130 valence electrons. The van der Waals surface area contributed by atoms with Crippen LogP contribution >= 0.6 is 23.4 Å². The van der Waals surface area contributed by atoms with Crippen molar-refractivity contribution in [3.05, 3.63) is 65.2 Å². The van der Waals surface area contributed by atoms with E-state index in [1.165, 1.54) is 5.56 Å². The first kappa shape index (κ1) is 18.0. The summed E-state index contributed by atoms with van der Waals surface area (Å²) in [4.78, 5) is 0. The fourth-order valence-electron chi connectivity index (χ4n) is 2.64. The SMILES string of the molecule is CC(C)Cn1c(SCCc2ccccc2)nnc1-c1ccc(Cl)cc1. The highest BCUT2D eigenvalue weighted by Gasteiger charge is 2.15. The first-order valence-electron chi connectivity index (χ1n) is 8.49. The Labute approximate surface area is 158 Å². The molecule has 0 radical (unpaired) electrons. The largest absolute Gasteiger partial charge is 0.302 e. The fraction of sp³-hybridized carbons (Fsp3) is 0.300. The Morgan fingerprint density at radius 1 is 1.00 bits per heavy atom. The van der Waals surface area contributed by atoms with Crippen LogP contribution in [0, 0.1) is 5.92 Å². The van der Waals surface area contributed by atoms with Crippen LogP contribution in [0.1, 0.15) is 19.4 Å². The summed E-state index contributed by atoms with van der Waals surface area (Å²) in [7, 11) is 0. The van der Waals surface area contributed by atoms with Crippen LogP contribution in [0.15, 0.2) is 59.8 Å². The van der Waals surface area contributed by atoms with E-state index in [9.17, 15) is 0 Å². The standard InChI is InChI=1S/C20H22ClN3S/c1-15(2)14-24-19(17-8-10-18(21)11-9-17)22-23-20(24)25-13-12-16-6-4-3-5-7-16/h3-11,15H,12-14H2,1-2H3. The maximum atomic E-state index is 6.01. The summed E-state index contributed by atoms with van der Waals surface area (Å²) in [5.74, 6) is 2.42. The summed E-state index contributed by atoms with van der Waals surface area (Å²) in [6.07, 6.45) is 1.02. The van der Waals surface area contributed by atoms with Gasteiger partial charge in [0.2, 0.25) is 0 Å². The highest BCUT2D eigenvalue weighted by Crippen LogP contribution is 2.26. The average molecular weight is 372 g/mol. The molecule has 25 heavy (non-hydrogen) atoms. The molecule has 0 N–H and O–H groups in total. The number of hydrogen-bond acceptors (Lipinski definition) is 3. The number of halogens is 1. The van der Waals surface area contributed by atoms with E-state index < -0.39 is 0 Å². The molecule has 0 amide bonds. The van der Waals surface area contributed by atoms with E-state index in [4.69, 9.17) is 11.6 Å². The number of nitrogens with zero attached hydrogens (tertiary/aromatic N) is 3. The number of aryl methyl sites for hydroxylation is 1. The van der Waals surface area contributed by atoms with Gasteiger partial charge in [-0.2, -0.15) is 0 Å². The second-order valence-electron chi connectivity index (χ2n) is 6.40. The molecule has 0 aliphatic rings. The summed E-state index contributed by atoms with van der Waals surface area (Å²) in [5.41, 5.74) is 2.40. The highest BCUT2D eigenvalue weighted by atomic mass is 35.5. The van der Waals surface area contributed by atoms with E-state index in [1.807, 2.05) is 30.3 Å². The Morgan fingerprint density at radius 3 is 2.40 bits per heavy atom. The van der Waals surface area contributed by atoms with Gasteiger partial charge in [-0.15, -0.1) is 10.2 Å². The van der Waals surface area contributed by atoms with Gasteiger partial charge in [0.15, 0.2) is 11.0 Å². The van der Waals surface area contributed by atoms with Crippen LogP contribution in [0.25, 0.3) is 11.4 Å². The Kier molecular flexibility index (Phi) is 6.16. The minimum Gasteiger partial charge on any atom is -0.302 e. The Bertz CT molecular complexity index is 798. The Morgan fingerprint density at radius 2 is 1.72 bits per heavy atom. The molecule has 0 unspecified atom stereocenters. The smallest absolute Gasteiger partial charge is 0.191 e. The summed E-state index contributed by atoms with van der Waals surface area (Å²) >= 11 is 7.77. The average Bonchev–Trinajstić information content (AvgIpc) is 2.99. The quantitative estimate of drug-likeness (QED) is 0.507. The van der Waals surface area contributed by atoms with E-state index in [1.54, 1.807) is 11.8 Å². The van der Waals surface area contributed by atoms with E-state index in [0.717, 1.165) is 40.3 Å². The second kappa shape index (κ2) is 8.54. The van der Waals surface area contributed by atoms with Crippen LogP contribution in [-0.2, 0) is 13.0 Å². The number of thioether (sulfide) groups is 1. The van der Waals surface area contributed by atoms with Gasteiger partial charge in [0.25, 0.3) is 0 Å². The zero-order chi connectivity index (χ0) is 17.6. The molecule has 0 aliphatic carbocycles. The van der Waals surface area contributed by atoms with Crippen molar-refractivity contribution in [3.63, 3.8) is 0 Å². The van der Waals surface area contributed by atoms with Crippen LogP contribution in [-0.4, -0.2) is 20.5 Å². The topological polar surface area (TPSA) is 30.7 Å². The van der Waals surface area contributed by atoms with Crippen molar-refractivity contribution in [2.75, 3.05) is 5.75 Å². The summed E-state index contributed by atoms with van der Waals surface area (Å²) in [6, 6.07) is 18.3. The van der Waals surface area contributed by atoms with Crippen molar-refractivity contribution in [3.8, 4) is 11.4 Å². The maximum absolute atomic E-state index is 6.01. The van der Waals surface area contributed by atoms with Crippen molar-refractivity contribution < 1.29 is 0 Å². The first-order chi connectivity index (χ1) is 12.1. The number of hydrogen-bond donors (Lipinski definition) is 0. The lowest BCUT2D eigenvalue weighted by molar-refractivity contribution is 0.498. The minimum absolute atomic E-state index is 0.524. The highest BCUT2D eigenvalue weighted by molar-refractivity contribution is 7.99. The molecule has 5 heteroatoms. The Balaban J connectivity index is 1.77. The zero-order valence-corrected chi connectivity index (χ0v) is 16.1. The molecule has 3 nitrogen and oxygen atoms in total. The van der Waals surface area contributed by atoms with Crippen LogP contribution in [0.2, 0.25) is 5.02 Å². The molecule has 0 spiro atoms. The third-order valence-electron chi connectivity index (χ3n) is 3.83. The number of aromatic nitrogens is 3. The fourth-order valence-corrected chi connectivity index (χ4v) is 3.70. The number of benzene rings is 2. The lowest BCUT2D eigenvalue weighted by atomic mass is 10.2. The van der Waals surface area contributed by atoms with E-state index in [2.05, 4.69) is 52.9 Å². The second-order valence-corrected chi connectivity index (χ2v) is 7.90. The monoisotopic (exact) mass is 371 g/mol. The van der Waals surface area contributed by atoms with Crippen molar-refractivity contribution in [1.29, 1.82) is 0 Å². The van der Waals surface area contributed by atoms with Gasteiger partial charge in [0.1, 0.15) is 0 Å². The molecule has 0 fully saturated rings. The third-order valence-corrected chi connectivity index (χ3v) is 5.05. The predicted molar refractivity (Wildman–Crippen MR) is 106 cm³/mol. The summed E-state index contributed by atoms with van der Waals surface area (Å²) in [5, 5.41) is 10.6. The predicted octanol–water partition coefficient (Wildman–Crippen LogP) is 5.59. The first-order valence-corrected chi connectivity index (χ1v) is 9.85. The summed E-state index contributed by atoms with van der Waals surface area (Å²) < 4.78 is 2.23. The lowest BCUT2D eigenvalue weighted by Crippen LogP contribution is -2.08. The molecule has 3 aromatic rings. The van der Waals surface area contributed by atoms with E-state index in [0.29, 0.717) is 5.92 Å². The molecule has 1 aromatic heterocycles. The normalized spacial score (nSPS) is 11.2. The van der Waals surface area contributed by atoms with Gasteiger partial charge in [-0.25, -0.2) is 0 Å². The minimum atomic E-state index is 0.524. The van der Waals surface area contributed by atoms with Crippen LogP contribution < -0.4 is 0 Å². The lowest BCUT2D eigenvalue weighted by Gasteiger charge is -2.12. The maximum Gasteiger partial charge on any atom is 0.191 e. The van der Waals surface area contributed by atoms with Gasteiger partial charge in [0.05, 0.1) is 0 Å². The van der Waals surface area contributed by atoms with E-state index in [-0.39, 0.29) is 0 Å². The van der Waals surface area contributed by atoms with Crippen molar-refractivity contribution in [2.24, 2.45) is 5.92 Å². The molecule has 0 aliphatic heterocycles. The third kappa shape index (κ3) is 4.86. The molecule has 0 bridgehead atoms. The van der Waals surface area contributed by atoms with Gasteiger partial charge >= 0.3 is 0 Å². The molecular weight excluding hydrogens is 350 g/mol. The van der Waals surface area contributed by atoms with Crippen molar-refractivity contribution >= 4 is 23.4 Å². The van der Waals surface area contributed by atoms with Gasteiger partial charge in [-0.05, 0) is 42.2 Å². The Hall–Kier alpha value is -1.78. The van der Waals surface area contributed by atoms with Crippen LogP contribution in [0.3, 0.4) is 0 Å². The molecule has 3 rings (SSSR count). The van der Waals surface area contributed by atoms with Crippen LogP contribution in [0.5, 0.6) is 0 Å². The number of rotatable bonds is 7.